The SMILES string of the molecule is COc1cc(CC(O)c2cc(Cl)ccc2OC)ncn1. The van der Waals surface area contributed by atoms with E-state index >= 15 is 0 Å². The van der Waals surface area contributed by atoms with E-state index in [1.807, 2.05) is 0 Å². The number of halogens is 1. The van der Waals surface area contributed by atoms with E-state index in [0.29, 0.717) is 34.3 Å². The molecule has 1 heterocycles. The van der Waals surface area contributed by atoms with Crippen LogP contribution in [0, 0.1) is 0 Å². The molecule has 0 fully saturated rings. The van der Waals surface area contributed by atoms with Crippen molar-refractivity contribution in [1.82, 2.24) is 9.97 Å². The molecule has 106 valence electrons. The lowest BCUT2D eigenvalue weighted by molar-refractivity contribution is 0.172. The fourth-order valence-electron chi connectivity index (χ4n) is 1.87. The highest BCUT2D eigenvalue weighted by atomic mass is 35.5. The minimum Gasteiger partial charge on any atom is -0.496 e. The van der Waals surface area contributed by atoms with Crippen molar-refractivity contribution in [3.05, 3.63) is 46.9 Å². The summed E-state index contributed by atoms with van der Waals surface area (Å²) in [6, 6.07) is 6.80. The van der Waals surface area contributed by atoms with Crippen LogP contribution in [-0.4, -0.2) is 29.3 Å². The maximum Gasteiger partial charge on any atom is 0.216 e. The number of ether oxygens (including phenoxy) is 2. The second-order valence-corrected chi connectivity index (χ2v) is 4.59. The number of aliphatic hydroxyl groups is 1. The van der Waals surface area contributed by atoms with Crippen LogP contribution < -0.4 is 9.47 Å². The van der Waals surface area contributed by atoms with Crippen molar-refractivity contribution in [3.8, 4) is 11.6 Å². The minimum atomic E-state index is -0.775. The molecule has 1 N–H and O–H groups in total. The first-order valence-electron chi connectivity index (χ1n) is 6.00. The third kappa shape index (κ3) is 3.37. The lowest BCUT2D eigenvalue weighted by Gasteiger charge is -2.15. The van der Waals surface area contributed by atoms with Gasteiger partial charge in [-0.25, -0.2) is 9.97 Å². The number of aromatic nitrogens is 2. The molecule has 0 saturated carbocycles. The Morgan fingerprint density at radius 2 is 2.00 bits per heavy atom. The molecular formula is C14H15ClN2O3. The molecule has 0 aliphatic rings. The number of aliphatic hydroxyl groups excluding tert-OH is 1. The zero-order chi connectivity index (χ0) is 14.5. The standard InChI is InChI=1S/C14H15ClN2O3/c1-19-13-4-3-9(15)5-11(13)12(18)6-10-7-14(20-2)17-8-16-10/h3-5,7-8,12,18H,6H2,1-2H3. The number of hydrogen-bond donors (Lipinski definition) is 1. The Kier molecular flexibility index (Phi) is 4.76. The van der Waals surface area contributed by atoms with E-state index in [1.54, 1.807) is 31.4 Å². The van der Waals surface area contributed by atoms with Crippen molar-refractivity contribution in [2.24, 2.45) is 0 Å². The molecule has 5 nitrogen and oxygen atoms in total. The van der Waals surface area contributed by atoms with E-state index in [9.17, 15) is 5.11 Å². The van der Waals surface area contributed by atoms with Gasteiger partial charge in [0.2, 0.25) is 5.88 Å². The third-order valence-corrected chi connectivity index (χ3v) is 3.10. The number of rotatable bonds is 5. The van der Waals surface area contributed by atoms with Gasteiger partial charge in [0.25, 0.3) is 0 Å². The van der Waals surface area contributed by atoms with E-state index in [0.717, 1.165) is 0 Å². The Morgan fingerprint density at radius 3 is 2.70 bits per heavy atom. The van der Waals surface area contributed by atoms with Crippen LogP contribution in [0.15, 0.2) is 30.6 Å². The van der Waals surface area contributed by atoms with E-state index in [4.69, 9.17) is 21.1 Å². The molecule has 2 aromatic rings. The predicted molar refractivity (Wildman–Crippen MR) is 75.3 cm³/mol. The van der Waals surface area contributed by atoms with Gasteiger partial charge in [-0.3, -0.25) is 0 Å². The fraction of sp³-hybridized carbons (Fsp3) is 0.286. The van der Waals surface area contributed by atoms with Crippen LogP contribution in [0.3, 0.4) is 0 Å². The summed E-state index contributed by atoms with van der Waals surface area (Å²) in [6.07, 6.45) is 0.939. The summed E-state index contributed by atoms with van der Waals surface area (Å²) in [5, 5.41) is 10.9. The fourth-order valence-corrected chi connectivity index (χ4v) is 2.05. The summed E-state index contributed by atoms with van der Waals surface area (Å²) >= 11 is 5.96. The maximum absolute atomic E-state index is 10.3. The third-order valence-electron chi connectivity index (χ3n) is 2.86. The number of nitrogens with zero attached hydrogens (tertiary/aromatic N) is 2. The molecule has 1 atom stereocenters. The van der Waals surface area contributed by atoms with Crippen molar-refractivity contribution in [3.63, 3.8) is 0 Å². The first-order chi connectivity index (χ1) is 9.63. The van der Waals surface area contributed by atoms with E-state index < -0.39 is 6.10 Å². The molecule has 1 unspecified atom stereocenters. The molecule has 6 heteroatoms. The van der Waals surface area contributed by atoms with Crippen LogP contribution in [0.4, 0.5) is 0 Å². The topological polar surface area (TPSA) is 64.5 Å². The zero-order valence-electron chi connectivity index (χ0n) is 11.2. The quantitative estimate of drug-likeness (QED) is 0.917. The van der Waals surface area contributed by atoms with Crippen LogP contribution in [0.5, 0.6) is 11.6 Å². The van der Waals surface area contributed by atoms with Crippen molar-refractivity contribution in [1.29, 1.82) is 0 Å². The lowest BCUT2D eigenvalue weighted by atomic mass is 10.0. The Balaban J connectivity index is 2.23. The van der Waals surface area contributed by atoms with Gasteiger partial charge in [0.05, 0.1) is 26.0 Å². The van der Waals surface area contributed by atoms with Gasteiger partial charge in [-0.05, 0) is 18.2 Å². The highest BCUT2D eigenvalue weighted by Gasteiger charge is 2.15. The molecule has 0 bridgehead atoms. The Morgan fingerprint density at radius 1 is 1.20 bits per heavy atom. The second-order valence-electron chi connectivity index (χ2n) is 4.16. The first kappa shape index (κ1) is 14.6. The van der Waals surface area contributed by atoms with Crippen LogP contribution in [-0.2, 0) is 6.42 Å². The van der Waals surface area contributed by atoms with Crippen LogP contribution in [0.1, 0.15) is 17.4 Å². The van der Waals surface area contributed by atoms with E-state index in [-0.39, 0.29) is 0 Å². The van der Waals surface area contributed by atoms with Crippen LogP contribution >= 0.6 is 11.6 Å². The van der Waals surface area contributed by atoms with E-state index in [2.05, 4.69) is 9.97 Å². The van der Waals surface area contributed by atoms with Crippen molar-refractivity contribution in [2.75, 3.05) is 14.2 Å². The van der Waals surface area contributed by atoms with Gasteiger partial charge in [-0.2, -0.15) is 0 Å². The van der Waals surface area contributed by atoms with Gasteiger partial charge in [-0.15, -0.1) is 0 Å². The molecule has 1 aromatic heterocycles. The molecule has 20 heavy (non-hydrogen) atoms. The Labute approximate surface area is 122 Å². The summed E-state index contributed by atoms with van der Waals surface area (Å²) < 4.78 is 10.3. The first-order valence-corrected chi connectivity index (χ1v) is 6.38. The molecule has 1 aromatic carbocycles. The van der Waals surface area contributed by atoms with Crippen LogP contribution in [0.2, 0.25) is 5.02 Å². The van der Waals surface area contributed by atoms with Gasteiger partial charge in [0.15, 0.2) is 0 Å². The van der Waals surface area contributed by atoms with E-state index in [1.165, 1.54) is 13.4 Å². The molecule has 0 aliphatic heterocycles. The van der Waals surface area contributed by atoms with Crippen LogP contribution in [0.25, 0.3) is 0 Å². The number of methoxy groups -OCH3 is 2. The average Bonchev–Trinajstić information content (AvgIpc) is 2.47. The summed E-state index contributed by atoms with van der Waals surface area (Å²) in [5.74, 6) is 1.04. The highest BCUT2D eigenvalue weighted by molar-refractivity contribution is 6.30. The minimum absolute atomic E-state index is 0.315. The summed E-state index contributed by atoms with van der Waals surface area (Å²) in [4.78, 5) is 8.03. The summed E-state index contributed by atoms with van der Waals surface area (Å²) in [7, 11) is 3.08. The molecular weight excluding hydrogens is 280 g/mol. The Bertz CT molecular complexity index is 592. The second kappa shape index (κ2) is 6.54. The molecule has 0 saturated heterocycles. The predicted octanol–water partition coefficient (Wildman–Crippen LogP) is 2.42. The molecule has 0 amide bonds. The normalized spacial score (nSPS) is 12.0. The molecule has 2 rings (SSSR count). The average molecular weight is 295 g/mol. The van der Waals surface area contributed by atoms with Crippen molar-refractivity contribution >= 4 is 11.6 Å². The molecule has 0 radical (unpaired) electrons. The van der Waals surface area contributed by atoms with Crippen molar-refractivity contribution in [2.45, 2.75) is 12.5 Å². The highest BCUT2D eigenvalue weighted by Crippen LogP contribution is 2.30. The van der Waals surface area contributed by atoms with Gasteiger partial charge >= 0.3 is 0 Å². The van der Waals surface area contributed by atoms with Gasteiger partial charge < -0.3 is 14.6 Å². The smallest absolute Gasteiger partial charge is 0.216 e. The zero-order valence-corrected chi connectivity index (χ0v) is 12.0. The largest absolute Gasteiger partial charge is 0.496 e. The van der Waals surface area contributed by atoms with Crippen molar-refractivity contribution < 1.29 is 14.6 Å². The molecule has 0 spiro atoms. The lowest BCUT2D eigenvalue weighted by Crippen LogP contribution is -2.06. The Hall–Kier alpha value is -1.85. The summed E-state index contributed by atoms with van der Waals surface area (Å²) in [6.45, 7) is 0. The van der Waals surface area contributed by atoms with Gasteiger partial charge in [0.1, 0.15) is 12.1 Å². The summed E-state index contributed by atoms with van der Waals surface area (Å²) in [5.41, 5.74) is 1.30. The number of hydrogen-bond acceptors (Lipinski definition) is 5. The maximum atomic E-state index is 10.3. The molecule has 0 aliphatic carbocycles. The van der Waals surface area contributed by atoms with Gasteiger partial charge in [0, 0.05) is 23.1 Å². The van der Waals surface area contributed by atoms with Gasteiger partial charge in [-0.1, -0.05) is 11.6 Å². The number of benzene rings is 1. The monoisotopic (exact) mass is 294 g/mol.